The number of aliphatic hydroxyl groups is 6. The molecule has 3 heterocycles. The number of nitrogens with two attached hydrogens (primary N) is 1. The molecule has 12 nitrogen and oxygen atoms in total. The first-order valence-electron chi connectivity index (χ1n) is 34.8. The summed E-state index contributed by atoms with van der Waals surface area (Å²) >= 11 is 0. The molecule has 472 valence electrons. The number of carbonyl (C=O) groups is 2. The van der Waals surface area contributed by atoms with Crippen LogP contribution < -0.4 is 11.1 Å². The van der Waals surface area contributed by atoms with Gasteiger partial charge in [0.1, 0.15) is 24.1 Å². The highest BCUT2D eigenvalue weighted by Gasteiger charge is 2.83. The first-order valence-corrected chi connectivity index (χ1v) is 34.8. The summed E-state index contributed by atoms with van der Waals surface area (Å²) in [6.45, 7) is 9.13. The van der Waals surface area contributed by atoms with E-state index in [1.807, 2.05) is 26.0 Å². The summed E-state index contributed by atoms with van der Waals surface area (Å²) in [4.78, 5) is 30.0. The van der Waals surface area contributed by atoms with Crippen molar-refractivity contribution in [1.82, 2.24) is 5.32 Å². The third-order valence-corrected chi connectivity index (χ3v) is 29.8. The Bertz CT molecular complexity index is 3170. The van der Waals surface area contributed by atoms with Crippen molar-refractivity contribution in [2.75, 3.05) is 26.4 Å². The quantitative estimate of drug-likeness (QED) is 0.0450. The number of aldehydes is 1. The molecule has 14 aliphatic rings. The van der Waals surface area contributed by atoms with E-state index in [2.05, 4.69) is 67.4 Å². The van der Waals surface area contributed by atoms with E-state index in [4.69, 9.17) is 15.2 Å². The lowest BCUT2D eigenvalue weighted by Crippen LogP contribution is -2.71. The van der Waals surface area contributed by atoms with Gasteiger partial charge in [0.05, 0.1) is 42.4 Å². The van der Waals surface area contributed by atoms with Gasteiger partial charge in [0.2, 0.25) is 0 Å². The molecule has 1 aromatic rings. The summed E-state index contributed by atoms with van der Waals surface area (Å²) in [7, 11) is 0. The van der Waals surface area contributed by atoms with E-state index in [9.17, 15) is 35.4 Å². The Morgan fingerprint density at radius 2 is 1.71 bits per heavy atom. The summed E-state index contributed by atoms with van der Waals surface area (Å²) in [6, 6.07) is 8.87. The van der Waals surface area contributed by atoms with E-state index < -0.39 is 79.6 Å². The lowest BCUT2D eigenvalue weighted by Gasteiger charge is -2.72. The van der Waals surface area contributed by atoms with Crippen molar-refractivity contribution < 1.29 is 49.7 Å². The first kappa shape index (κ1) is 59.7. The van der Waals surface area contributed by atoms with Crippen molar-refractivity contribution in [2.45, 2.75) is 236 Å². The summed E-state index contributed by atoms with van der Waals surface area (Å²) in [5, 5.41) is 80.7. The Labute approximate surface area is 517 Å². The third-order valence-electron chi connectivity index (χ3n) is 29.8. The number of hydrogen-bond donors (Lipinski definition) is 8. The minimum Gasteiger partial charge on any atom is -0.396 e. The molecule has 0 bridgehead atoms. The average Bonchev–Trinajstić information content (AvgIpc) is 1.61. The second kappa shape index (κ2) is 20.4. The Hall–Kier alpha value is -3.64. The number of aliphatic hydroxyl groups excluding tert-OH is 4. The van der Waals surface area contributed by atoms with Gasteiger partial charge >= 0.3 is 0 Å². The largest absolute Gasteiger partial charge is 0.396 e. The maximum atomic E-state index is 16.6. The van der Waals surface area contributed by atoms with Gasteiger partial charge in [-0.25, -0.2) is 0 Å². The van der Waals surface area contributed by atoms with E-state index in [1.54, 1.807) is 0 Å². The zero-order valence-electron chi connectivity index (χ0n) is 52.7. The van der Waals surface area contributed by atoms with Gasteiger partial charge in [-0.1, -0.05) is 93.9 Å². The predicted octanol–water partition coefficient (Wildman–Crippen LogP) is 9.84. The fraction of sp³-hybridized carbons (Fsp3) is 0.760. The van der Waals surface area contributed by atoms with Crippen LogP contribution >= 0.6 is 0 Å². The smallest absolute Gasteiger partial charge is 0.159 e. The SMILES string of the molecule is C[C@@H]1CCO[C@]([C@H]2CC[C@@]3(O)C4=CC(=O)[C@@H]5C[C@@H](O)C[C@]67[C@@H]8C#CCc9ccccc9CC[C@H](C[C@]23C)[C@@H]4[C@]56CC([C@]2(CO)C[C@H](C=O)C[C@]23CCC[C@H]3O)=C[C@H]7C[C@@]82CCC3(CCCC3)C2)([C@H]2O[C@@H]2[C@](C)(O)[C@](C)(CO)CCC2=CCNC(N)=C2)C1. The van der Waals surface area contributed by atoms with Crippen molar-refractivity contribution in [1.29, 1.82) is 0 Å². The van der Waals surface area contributed by atoms with Gasteiger partial charge in [-0.05, 0) is 228 Å². The minimum absolute atomic E-state index is 0.00510. The number of nitrogens with one attached hydrogen (secondary N) is 1. The second-order valence-corrected chi connectivity index (χ2v) is 33.3. The number of fused-ring (bicyclic) bond motifs is 4. The molecule has 12 heteroatoms. The number of hydrogen-bond acceptors (Lipinski definition) is 12. The Balaban J connectivity index is 0.912. The number of allylic oxidation sites excluding steroid dienone is 4. The van der Waals surface area contributed by atoms with Gasteiger partial charge in [0.15, 0.2) is 5.78 Å². The first-order chi connectivity index (χ1) is 41.6. The molecule has 5 spiro atoms. The van der Waals surface area contributed by atoms with Crippen LogP contribution in [0.25, 0.3) is 0 Å². The molecule has 8 saturated carbocycles. The number of epoxide rings is 1. The highest BCUT2D eigenvalue weighted by Crippen LogP contribution is 2.85. The number of rotatable bonds is 11. The summed E-state index contributed by atoms with van der Waals surface area (Å²) in [5.74, 6) is 7.37. The van der Waals surface area contributed by atoms with Crippen LogP contribution in [0, 0.1) is 103 Å². The Morgan fingerprint density at radius 3 is 2.45 bits per heavy atom. The van der Waals surface area contributed by atoms with Crippen molar-refractivity contribution in [3.05, 3.63) is 82.2 Å². The predicted molar refractivity (Wildman–Crippen MR) is 332 cm³/mol. The maximum Gasteiger partial charge on any atom is 0.159 e. The molecule has 9 N–H and O–H groups in total. The lowest BCUT2D eigenvalue weighted by atomic mass is 9.31. The van der Waals surface area contributed by atoms with Crippen LogP contribution in [0.3, 0.4) is 0 Å². The fourth-order valence-electron chi connectivity index (χ4n) is 25.8. The molecule has 3 aliphatic heterocycles. The number of carbonyl (C=O) groups excluding carboxylic acids is 2. The third kappa shape index (κ3) is 8.03. The van der Waals surface area contributed by atoms with Crippen LogP contribution in [0.2, 0.25) is 0 Å². The molecule has 87 heavy (non-hydrogen) atoms. The Kier molecular flexibility index (Phi) is 14.0. The van der Waals surface area contributed by atoms with E-state index in [0.717, 1.165) is 80.8 Å². The second-order valence-electron chi connectivity index (χ2n) is 33.3. The average molecular weight is 1190 g/mol. The van der Waals surface area contributed by atoms with E-state index in [-0.39, 0.29) is 71.3 Å². The van der Waals surface area contributed by atoms with Crippen LogP contribution in [0.1, 0.15) is 193 Å². The van der Waals surface area contributed by atoms with Gasteiger partial charge in [0.25, 0.3) is 0 Å². The van der Waals surface area contributed by atoms with E-state index >= 15 is 4.79 Å². The molecule has 0 aromatic heterocycles. The molecule has 10 fully saturated rings. The Morgan fingerprint density at radius 1 is 0.908 bits per heavy atom. The van der Waals surface area contributed by atoms with Crippen molar-refractivity contribution >= 4 is 12.1 Å². The number of benzene rings is 1. The van der Waals surface area contributed by atoms with Crippen LogP contribution in [-0.2, 0) is 31.9 Å². The van der Waals surface area contributed by atoms with Crippen LogP contribution in [0.5, 0.6) is 0 Å². The number of ether oxygens (including phenoxy) is 2. The zero-order chi connectivity index (χ0) is 60.6. The monoisotopic (exact) mass is 1190 g/mol. The van der Waals surface area contributed by atoms with Crippen LogP contribution in [0.4, 0.5) is 0 Å². The number of aryl methyl sites for hydroxylation is 1. The molecular formula is C75H102N2O10. The highest BCUT2D eigenvalue weighted by molar-refractivity contribution is 5.95. The van der Waals surface area contributed by atoms with Crippen molar-refractivity contribution in [2.24, 2.45) is 96.4 Å². The molecule has 0 radical (unpaired) electrons. The van der Waals surface area contributed by atoms with Gasteiger partial charge < -0.3 is 56.0 Å². The highest BCUT2D eigenvalue weighted by atomic mass is 16.6. The minimum atomic E-state index is -1.46. The molecule has 22 atom stereocenters. The molecule has 11 aliphatic carbocycles. The lowest BCUT2D eigenvalue weighted by molar-refractivity contribution is -0.227. The number of dihydropyridines is 1. The van der Waals surface area contributed by atoms with E-state index in [1.165, 1.54) is 36.8 Å². The molecule has 0 amide bonds. The number of ketones is 1. The van der Waals surface area contributed by atoms with Crippen molar-refractivity contribution in [3.8, 4) is 11.8 Å². The molecule has 1 aromatic carbocycles. The van der Waals surface area contributed by atoms with E-state index in [0.29, 0.717) is 102 Å². The van der Waals surface area contributed by atoms with Gasteiger partial charge in [-0.3, -0.25) is 4.79 Å². The summed E-state index contributed by atoms with van der Waals surface area (Å²) < 4.78 is 14.5. The fourth-order valence-corrected chi connectivity index (χ4v) is 25.8. The van der Waals surface area contributed by atoms with Crippen molar-refractivity contribution in [3.63, 3.8) is 0 Å². The van der Waals surface area contributed by atoms with Crippen LogP contribution in [0.15, 0.2) is 71.1 Å². The van der Waals surface area contributed by atoms with Gasteiger partial charge in [-0.15, -0.1) is 0 Å². The van der Waals surface area contributed by atoms with Crippen LogP contribution in [-0.4, -0.2) is 110 Å². The normalized spacial score (nSPS) is 48.6. The molecule has 0 unspecified atom stereocenters. The summed E-state index contributed by atoms with van der Waals surface area (Å²) in [5.41, 5.74) is 3.13. The zero-order valence-corrected chi connectivity index (χ0v) is 52.7. The maximum absolute atomic E-state index is 16.6. The molecular weight excluding hydrogens is 1090 g/mol. The molecule has 2 saturated heterocycles. The summed E-state index contributed by atoms with van der Waals surface area (Å²) in [6.07, 6.45) is 27.3. The standard InChI is InChI=1S/C75H102N2O10/c1-46-21-30-86-74(35-46,64-63(87-64)67(4,84)65(2,44-79)25-18-47-20-29-77-61(76)31-47)58-19-26-75(85)56-34-57(82)55-33-54(81)41-72-53-32-52(71(45-80)37-48(42-78)36-70(71)24-10-15-60(70)83)40-73(55,72)62(56)51(38-66(58,75)3)17-16-50-12-6-5-11-49(50)13-9-14-59(72)69(39-53)28-27-68(43-69)22-7-8-23-68/h5-6,11-12,20,31-32,34,42,46,48,51,53-55,58-60,62-64,77,79-81,83-85H,7-8,10,13,15-19,21-30,33,35-41,43-45,76H2,1-4H3/t46-,48-,51-,53+,54-,55+,58+,59-,60-,62+,63+,64+,65+,66-,67+,69-,70+,71-,72+,73+,74-,75-/m1/s1. The van der Waals surface area contributed by atoms with Gasteiger partial charge in [0, 0.05) is 64.4 Å². The van der Waals surface area contributed by atoms with Gasteiger partial charge in [-0.2, -0.15) is 0 Å². The topological polar surface area (TPSA) is 215 Å². The molecule has 15 rings (SSSR count).